The maximum absolute atomic E-state index is 14.4. The Kier molecular flexibility index (Phi) is 7.51. The van der Waals surface area contributed by atoms with Gasteiger partial charge in [0.1, 0.15) is 30.2 Å². The van der Waals surface area contributed by atoms with Gasteiger partial charge in [-0.15, -0.1) is 0 Å². The molecule has 4 fully saturated rings. The van der Waals surface area contributed by atoms with Crippen LogP contribution in [0.25, 0.3) is 0 Å². The van der Waals surface area contributed by atoms with Crippen molar-refractivity contribution in [2.24, 2.45) is 45.3 Å². The number of hydrogen-bond donors (Lipinski definition) is 4. The highest BCUT2D eigenvalue weighted by Gasteiger charge is 2.70. The van der Waals surface area contributed by atoms with Crippen LogP contribution in [-0.2, 0) is 14.3 Å². The average molecular weight is 549 g/mol. The highest BCUT2D eigenvalue weighted by Crippen LogP contribution is 2.74. The van der Waals surface area contributed by atoms with Crippen molar-refractivity contribution in [1.82, 2.24) is 0 Å². The number of aliphatic hydroxyl groups is 4. The van der Waals surface area contributed by atoms with Gasteiger partial charge in [-0.05, 0) is 66.6 Å². The Bertz CT molecular complexity index is 991. The van der Waals surface area contributed by atoms with Crippen LogP contribution in [0, 0.1) is 45.3 Å². The van der Waals surface area contributed by atoms with Crippen LogP contribution in [0.1, 0.15) is 93.4 Å². The molecule has 39 heavy (non-hydrogen) atoms. The molecular weight excluding hydrogens is 496 g/mol. The Labute approximate surface area is 234 Å². The molecule has 13 unspecified atom stereocenters. The van der Waals surface area contributed by atoms with Crippen molar-refractivity contribution >= 4 is 5.78 Å². The second-order valence-corrected chi connectivity index (χ2v) is 14.9. The minimum absolute atomic E-state index is 0.0357. The first-order valence-electron chi connectivity index (χ1n) is 15.4. The van der Waals surface area contributed by atoms with Crippen molar-refractivity contribution < 1.29 is 34.7 Å². The molecule has 0 radical (unpaired) electrons. The molecule has 7 heteroatoms. The van der Waals surface area contributed by atoms with Crippen molar-refractivity contribution in [2.45, 2.75) is 130 Å². The van der Waals surface area contributed by atoms with Gasteiger partial charge in [0.15, 0.2) is 6.29 Å². The zero-order valence-corrected chi connectivity index (χ0v) is 25.0. The Morgan fingerprint density at radius 2 is 1.72 bits per heavy atom. The van der Waals surface area contributed by atoms with Crippen LogP contribution in [0.15, 0.2) is 11.6 Å². The van der Waals surface area contributed by atoms with E-state index in [4.69, 9.17) is 9.47 Å². The van der Waals surface area contributed by atoms with Gasteiger partial charge in [-0.3, -0.25) is 4.79 Å². The standard InChI is InChI=1S/C32H52O7/c1-8-17(2)18-13-14-30(5)22-11-9-19-20(32(22,7)23(34)15-31(18,30)6)10-12-24(29(19,3)4)39-28-27(37)26(36)25(35)21(16-33)38-28/h9,17-18,20-22,24-28,33,35-37H,8,10-16H2,1-7H3. The smallest absolute Gasteiger partial charge is 0.187 e. The van der Waals surface area contributed by atoms with E-state index in [1.54, 1.807) is 0 Å². The quantitative estimate of drug-likeness (QED) is 0.384. The molecule has 0 bridgehead atoms. The lowest BCUT2D eigenvalue weighted by Crippen LogP contribution is -2.64. The fourth-order valence-electron chi connectivity index (χ4n) is 10.2. The number of allylic oxidation sites excluding steroid dienone is 1. The second-order valence-electron chi connectivity index (χ2n) is 14.9. The minimum atomic E-state index is -1.46. The number of Topliss-reactive ketones (excluding diaryl/α,β-unsaturated/α-hetero) is 1. The maximum Gasteiger partial charge on any atom is 0.187 e. The van der Waals surface area contributed by atoms with Crippen molar-refractivity contribution in [3.8, 4) is 0 Å². The summed E-state index contributed by atoms with van der Waals surface area (Å²) in [5, 5.41) is 40.7. The van der Waals surface area contributed by atoms with Crippen LogP contribution >= 0.6 is 0 Å². The van der Waals surface area contributed by atoms with Crippen LogP contribution in [-0.4, -0.2) is 69.6 Å². The third-order valence-electron chi connectivity index (χ3n) is 13.1. The molecule has 4 aliphatic carbocycles. The zero-order valence-electron chi connectivity index (χ0n) is 25.0. The number of carbonyl (C=O) groups excluding carboxylic acids is 1. The lowest BCUT2D eigenvalue weighted by atomic mass is 9.38. The third-order valence-corrected chi connectivity index (χ3v) is 13.1. The van der Waals surface area contributed by atoms with Gasteiger partial charge < -0.3 is 29.9 Å². The first kappa shape index (κ1) is 29.7. The Hall–Kier alpha value is -0.830. The molecule has 4 N–H and O–H groups in total. The van der Waals surface area contributed by atoms with Crippen molar-refractivity contribution in [1.29, 1.82) is 0 Å². The largest absolute Gasteiger partial charge is 0.394 e. The molecular formula is C32H52O7. The Morgan fingerprint density at radius 3 is 2.36 bits per heavy atom. The highest BCUT2D eigenvalue weighted by atomic mass is 16.7. The van der Waals surface area contributed by atoms with Gasteiger partial charge in [0.2, 0.25) is 0 Å². The monoisotopic (exact) mass is 548 g/mol. The van der Waals surface area contributed by atoms with Gasteiger partial charge in [0.05, 0.1) is 12.7 Å². The van der Waals surface area contributed by atoms with Crippen molar-refractivity contribution in [3.05, 3.63) is 11.6 Å². The highest BCUT2D eigenvalue weighted by molar-refractivity contribution is 5.88. The van der Waals surface area contributed by atoms with E-state index in [1.165, 1.54) is 18.4 Å². The van der Waals surface area contributed by atoms with Crippen molar-refractivity contribution in [2.75, 3.05) is 6.61 Å². The summed E-state index contributed by atoms with van der Waals surface area (Å²) < 4.78 is 12.0. The van der Waals surface area contributed by atoms with Crippen LogP contribution in [0.3, 0.4) is 0 Å². The first-order chi connectivity index (χ1) is 18.2. The summed E-state index contributed by atoms with van der Waals surface area (Å²) in [5.41, 5.74) is 0.605. The number of carbonyl (C=O) groups is 1. The predicted octanol–water partition coefficient (Wildman–Crippen LogP) is 4.00. The summed E-state index contributed by atoms with van der Waals surface area (Å²) in [7, 11) is 0. The van der Waals surface area contributed by atoms with Crippen LogP contribution < -0.4 is 0 Å². The molecule has 3 saturated carbocycles. The number of aliphatic hydroxyl groups excluding tert-OH is 4. The third kappa shape index (κ3) is 4.00. The van der Waals surface area contributed by atoms with Crippen molar-refractivity contribution in [3.63, 3.8) is 0 Å². The summed E-state index contributed by atoms with van der Waals surface area (Å²) in [6.45, 7) is 15.6. The lowest BCUT2D eigenvalue weighted by Gasteiger charge is -2.65. The van der Waals surface area contributed by atoms with E-state index in [-0.39, 0.29) is 22.9 Å². The molecule has 5 rings (SSSR count). The molecule has 1 heterocycles. The predicted molar refractivity (Wildman–Crippen MR) is 147 cm³/mol. The van der Waals surface area contributed by atoms with Gasteiger partial charge in [-0.25, -0.2) is 0 Å². The molecule has 1 aliphatic heterocycles. The first-order valence-corrected chi connectivity index (χ1v) is 15.4. The Balaban J connectivity index is 1.43. The number of hydrogen-bond acceptors (Lipinski definition) is 7. The van der Waals surface area contributed by atoms with E-state index < -0.39 is 48.1 Å². The molecule has 1 saturated heterocycles. The fraction of sp³-hybridized carbons (Fsp3) is 0.906. The fourth-order valence-corrected chi connectivity index (χ4v) is 10.2. The molecule has 13 atom stereocenters. The zero-order chi connectivity index (χ0) is 28.7. The van der Waals surface area contributed by atoms with E-state index >= 15 is 0 Å². The summed E-state index contributed by atoms with van der Waals surface area (Å²) in [6.07, 6.45) is 2.29. The second kappa shape index (κ2) is 9.88. The molecule has 0 aromatic heterocycles. The molecule has 0 aromatic carbocycles. The van der Waals surface area contributed by atoms with E-state index in [2.05, 4.69) is 54.5 Å². The van der Waals surface area contributed by atoms with Gasteiger partial charge in [-0.1, -0.05) is 66.5 Å². The van der Waals surface area contributed by atoms with Gasteiger partial charge in [0, 0.05) is 17.3 Å². The minimum Gasteiger partial charge on any atom is -0.394 e. The van der Waals surface area contributed by atoms with E-state index in [1.807, 2.05) is 0 Å². The van der Waals surface area contributed by atoms with E-state index in [0.29, 0.717) is 36.4 Å². The number of fused-ring (bicyclic) bond motifs is 5. The van der Waals surface area contributed by atoms with E-state index in [0.717, 1.165) is 19.3 Å². The SMILES string of the molecule is CCC(C)C1CCC2(C)C3CC=C4C(CCC(OC5OC(CO)C(O)C(O)C5O)C4(C)C)C3(C)C(=O)CC12C. The molecule has 7 nitrogen and oxygen atoms in total. The molecule has 0 aromatic rings. The number of ether oxygens (including phenoxy) is 2. The lowest BCUT2D eigenvalue weighted by molar-refractivity contribution is -0.319. The number of ketones is 1. The molecule has 5 aliphatic rings. The topological polar surface area (TPSA) is 116 Å². The van der Waals surface area contributed by atoms with E-state index in [9.17, 15) is 25.2 Å². The molecule has 0 spiro atoms. The van der Waals surface area contributed by atoms with Gasteiger partial charge in [-0.2, -0.15) is 0 Å². The van der Waals surface area contributed by atoms with Crippen LogP contribution in [0.4, 0.5) is 0 Å². The number of rotatable bonds is 5. The maximum atomic E-state index is 14.4. The molecule has 0 amide bonds. The summed E-state index contributed by atoms with van der Waals surface area (Å²) >= 11 is 0. The average Bonchev–Trinajstić information content (AvgIpc) is 3.16. The summed E-state index contributed by atoms with van der Waals surface area (Å²) in [5.74, 6) is 2.11. The van der Waals surface area contributed by atoms with Gasteiger partial charge in [0.25, 0.3) is 0 Å². The van der Waals surface area contributed by atoms with Crippen LogP contribution in [0.5, 0.6) is 0 Å². The normalized spacial score (nSPS) is 51.9. The summed E-state index contributed by atoms with van der Waals surface area (Å²) in [6, 6.07) is 0. The summed E-state index contributed by atoms with van der Waals surface area (Å²) in [4.78, 5) is 14.4. The van der Waals surface area contributed by atoms with Gasteiger partial charge >= 0.3 is 0 Å². The molecule has 222 valence electrons. The van der Waals surface area contributed by atoms with Crippen LogP contribution in [0.2, 0.25) is 0 Å². The Morgan fingerprint density at radius 1 is 1.03 bits per heavy atom.